The molecular weight excluding hydrogens is 294 g/mol. The third-order valence-corrected chi connectivity index (χ3v) is 3.92. The SMILES string of the molecule is Cc1oc(-c2cccs2)nc1COc1ccc(Cl)cc1. The van der Waals surface area contributed by atoms with E-state index >= 15 is 0 Å². The Morgan fingerprint density at radius 3 is 2.75 bits per heavy atom. The first-order valence-corrected chi connectivity index (χ1v) is 7.36. The Labute approximate surface area is 125 Å². The molecule has 0 atom stereocenters. The Morgan fingerprint density at radius 1 is 1.25 bits per heavy atom. The summed E-state index contributed by atoms with van der Waals surface area (Å²) in [6, 6.07) is 11.2. The fourth-order valence-electron chi connectivity index (χ4n) is 1.75. The van der Waals surface area contributed by atoms with Gasteiger partial charge in [0.2, 0.25) is 5.89 Å². The maximum atomic E-state index is 5.83. The van der Waals surface area contributed by atoms with Crippen LogP contribution in [0.5, 0.6) is 5.75 Å². The summed E-state index contributed by atoms with van der Waals surface area (Å²) >= 11 is 7.44. The number of aryl methyl sites for hydroxylation is 1. The minimum Gasteiger partial charge on any atom is -0.487 e. The molecule has 0 saturated carbocycles. The summed E-state index contributed by atoms with van der Waals surface area (Å²) in [5, 5.41) is 2.69. The van der Waals surface area contributed by atoms with Crippen molar-refractivity contribution in [2.75, 3.05) is 0 Å². The molecule has 0 saturated heterocycles. The summed E-state index contributed by atoms with van der Waals surface area (Å²) in [5.74, 6) is 2.18. The number of aromatic nitrogens is 1. The first-order chi connectivity index (χ1) is 9.72. The lowest BCUT2D eigenvalue weighted by atomic mass is 10.3. The van der Waals surface area contributed by atoms with Crippen molar-refractivity contribution in [1.29, 1.82) is 0 Å². The van der Waals surface area contributed by atoms with E-state index < -0.39 is 0 Å². The van der Waals surface area contributed by atoms with E-state index in [1.807, 2.05) is 36.6 Å². The lowest BCUT2D eigenvalue weighted by molar-refractivity contribution is 0.299. The average molecular weight is 306 g/mol. The van der Waals surface area contributed by atoms with Crippen molar-refractivity contribution in [3.8, 4) is 16.5 Å². The first-order valence-electron chi connectivity index (χ1n) is 6.11. The number of benzene rings is 1. The van der Waals surface area contributed by atoms with Crippen LogP contribution >= 0.6 is 22.9 Å². The first kappa shape index (κ1) is 13.2. The fraction of sp³-hybridized carbons (Fsp3) is 0.133. The molecule has 0 fully saturated rings. The van der Waals surface area contributed by atoms with Gasteiger partial charge in [0.1, 0.15) is 23.8 Å². The molecule has 5 heteroatoms. The largest absolute Gasteiger partial charge is 0.487 e. The number of hydrogen-bond donors (Lipinski definition) is 0. The van der Waals surface area contributed by atoms with Crippen molar-refractivity contribution in [2.45, 2.75) is 13.5 Å². The van der Waals surface area contributed by atoms with Crippen molar-refractivity contribution in [2.24, 2.45) is 0 Å². The Balaban J connectivity index is 1.73. The minimum absolute atomic E-state index is 0.377. The van der Waals surface area contributed by atoms with Crippen molar-refractivity contribution in [3.63, 3.8) is 0 Å². The second kappa shape index (κ2) is 5.69. The Hall–Kier alpha value is -1.78. The van der Waals surface area contributed by atoms with Crippen molar-refractivity contribution >= 4 is 22.9 Å². The summed E-state index contributed by atoms with van der Waals surface area (Å²) in [4.78, 5) is 5.50. The second-order valence-electron chi connectivity index (χ2n) is 4.24. The lowest BCUT2D eigenvalue weighted by Gasteiger charge is -2.03. The van der Waals surface area contributed by atoms with Crippen LogP contribution in [0.25, 0.3) is 10.8 Å². The van der Waals surface area contributed by atoms with Gasteiger partial charge in [-0.05, 0) is 42.6 Å². The summed E-state index contributed by atoms with van der Waals surface area (Å²) < 4.78 is 11.3. The van der Waals surface area contributed by atoms with Crippen molar-refractivity contribution in [1.82, 2.24) is 4.98 Å². The summed E-state index contributed by atoms with van der Waals surface area (Å²) in [5.41, 5.74) is 0.809. The smallest absolute Gasteiger partial charge is 0.236 e. The number of ether oxygens (including phenoxy) is 1. The summed E-state index contributed by atoms with van der Waals surface area (Å²) in [6.45, 7) is 2.27. The van der Waals surface area contributed by atoms with Crippen LogP contribution in [0.3, 0.4) is 0 Å². The standard InChI is InChI=1S/C15H12ClNO2S/c1-10-13(9-18-12-6-4-11(16)5-7-12)17-15(19-10)14-3-2-8-20-14/h2-8H,9H2,1H3. The van der Waals surface area contributed by atoms with Gasteiger partial charge in [0.25, 0.3) is 0 Å². The predicted octanol–water partition coefficient (Wildman–Crippen LogP) is 4.94. The molecule has 0 aliphatic heterocycles. The van der Waals surface area contributed by atoms with E-state index in [0.717, 1.165) is 22.1 Å². The van der Waals surface area contributed by atoms with E-state index in [-0.39, 0.29) is 0 Å². The molecule has 3 nitrogen and oxygen atoms in total. The molecule has 0 unspecified atom stereocenters. The highest BCUT2D eigenvalue weighted by atomic mass is 35.5. The van der Waals surface area contributed by atoms with Gasteiger partial charge in [-0.1, -0.05) is 17.7 Å². The third kappa shape index (κ3) is 2.86. The third-order valence-electron chi connectivity index (χ3n) is 2.81. The van der Waals surface area contributed by atoms with Gasteiger partial charge >= 0.3 is 0 Å². The lowest BCUT2D eigenvalue weighted by Crippen LogP contribution is -1.97. The maximum Gasteiger partial charge on any atom is 0.236 e. The highest BCUT2D eigenvalue weighted by molar-refractivity contribution is 7.13. The van der Waals surface area contributed by atoms with E-state index in [0.29, 0.717) is 17.5 Å². The normalized spacial score (nSPS) is 10.7. The van der Waals surface area contributed by atoms with Crippen LogP contribution in [0.15, 0.2) is 46.2 Å². The number of rotatable bonds is 4. The monoisotopic (exact) mass is 305 g/mol. The topological polar surface area (TPSA) is 35.3 Å². The highest BCUT2D eigenvalue weighted by Crippen LogP contribution is 2.26. The molecule has 102 valence electrons. The van der Waals surface area contributed by atoms with Crippen LogP contribution in [0.1, 0.15) is 11.5 Å². The minimum atomic E-state index is 0.377. The Bertz CT molecular complexity index is 689. The van der Waals surface area contributed by atoms with E-state index in [1.54, 1.807) is 23.5 Å². The van der Waals surface area contributed by atoms with Crippen LogP contribution in [-0.4, -0.2) is 4.98 Å². The molecule has 0 bridgehead atoms. The molecular formula is C15H12ClNO2S. The summed E-state index contributed by atoms with van der Waals surface area (Å²) in [6.07, 6.45) is 0. The molecule has 0 amide bonds. The maximum absolute atomic E-state index is 5.83. The van der Waals surface area contributed by atoms with Gasteiger partial charge in [0.15, 0.2) is 0 Å². The van der Waals surface area contributed by atoms with E-state index in [9.17, 15) is 0 Å². The molecule has 0 aliphatic rings. The van der Waals surface area contributed by atoms with Crippen LogP contribution in [0, 0.1) is 6.92 Å². The molecule has 0 N–H and O–H groups in total. The van der Waals surface area contributed by atoms with Gasteiger partial charge in [-0.15, -0.1) is 11.3 Å². The van der Waals surface area contributed by atoms with Gasteiger partial charge in [-0.2, -0.15) is 0 Å². The van der Waals surface area contributed by atoms with Gasteiger partial charge in [-0.25, -0.2) is 4.98 Å². The fourth-order valence-corrected chi connectivity index (χ4v) is 2.53. The average Bonchev–Trinajstić information content (AvgIpc) is 3.08. The number of thiophene rings is 1. The second-order valence-corrected chi connectivity index (χ2v) is 5.63. The Kier molecular flexibility index (Phi) is 3.76. The molecule has 1 aromatic carbocycles. The van der Waals surface area contributed by atoms with Crippen LogP contribution in [0.2, 0.25) is 5.02 Å². The molecule has 0 radical (unpaired) electrons. The molecule has 0 spiro atoms. The van der Waals surface area contributed by atoms with Gasteiger partial charge in [0.05, 0.1) is 4.88 Å². The number of oxazole rings is 1. The van der Waals surface area contributed by atoms with E-state index in [1.165, 1.54) is 0 Å². The van der Waals surface area contributed by atoms with Gasteiger partial charge in [-0.3, -0.25) is 0 Å². The van der Waals surface area contributed by atoms with Gasteiger partial charge < -0.3 is 9.15 Å². The molecule has 2 heterocycles. The van der Waals surface area contributed by atoms with Crippen molar-refractivity contribution < 1.29 is 9.15 Å². The molecule has 0 aliphatic carbocycles. The zero-order valence-corrected chi connectivity index (χ0v) is 12.4. The van der Waals surface area contributed by atoms with Crippen LogP contribution < -0.4 is 4.74 Å². The predicted molar refractivity (Wildman–Crippen MR) is 80.3 cm³/mol. The zero-order chi connectivity index (χ0) is 13.9. The van der Waals surface area contributed by atoms with E-state index in [4.69, 9.17) is 20.8 Å². The number of hydrogen-bond acceptors (Lipinski definition) is 4. The van der Waals surface area contributed by atoms with E-state index in [2.05, 4.69) is 4.98 Å². The Morgan fingerprint density at radius 2 is 2.05 bits per heavy atom. The van der Waals surface area contributed by atoms with Gasteiger partial charge in [0, 0.05) is 5.02 Å². The zero-order valence-electron chi connectivity index (χ0n) is 10.8. The number of nitrogens with zero attached hydrogens (tertiary/aromatic N) is 1. The highest BCUT2D eigenvalue weighted by Gasteiger charge is 2.12. The van der Waals surface area contributed by atoms with Crippen molar-refractivity contribution in [3.05, 3.63) is 58.3 Å². The summed E-state index contributed by atoms with van der Waals surface area (Å²) in [7, 11) is 0. The van der Waals surface area contributed by atoms with Crippen LogP contribution in [0.4, 0.5) is 0 Å². The molecule has 3 aromatic rings. The quantitative estimate of drug-likeness (QED) is 0.684. The van der Waals surface area contributed by atoms with Crippen LogP contribution in [-0.2, 0) is 6.61 Å². The number of halogens is 1. The molecule has 3 rings (SSSR count). The molecule has 2 aromatic heterocycles. The molecule has 20 heavy (non-hydrogen) atoms.